The number of hydrogen-bond donors (Lipinski definition) is 2. The van der Waals surface area contributed by atoms with Crippen molar-refractivity contribution in [2.24, 2.45) is 0 Å². The second kappa shape index (κ2) is 4.73. The van der Waals surface area contributed by atoms with Crippen molar-refractivity contribution in [1.29, 1.82) is 0 Å². The first-order valence-electron chi connectivity index (χ1n) is 5.17. The van der Waals surface area contributed by atoms with E-state index in [4.69, 9.17) is 0 Å². The molecule has 0 radical (unpaired) electrons. The summed E-state index contributed by atoms with van der Waals surface area (Å²) >= 11 is 0. The van der Waals surface area contributed by atoms with Crippen molar-refractivity contribution < 1.29 is 9.50 Å². The largest absolute Gasteiger partial charge is 0.384 e. The number of halogens is 1. The van der Waals surface area contributed by atoms with Crippen LogP contribution in [0, 0.1) is 12.7 Å². The van der Waals surface area contributed by atoms with Crippen molar-refractivity contribution in [2.75, 3.05) is 13.1 Å². The third kappa shape index (κ3) is 3.01. The summed E-state index contributed by atoms with van der Waals surface area (Å²) in [5, 5.41) is 13.3. The molecule has 3 heteroatoms. The first kappa shape index (κ1) is 12.1. The lowest BCUT2D eigenvalue weighted by atomic mass is 9.92. The number of hydrogen-bond acceptors (Lipinski definition) is 2. The van der Waals surface area contributed by atoms with Crippen LogP contribution in [0.4, 0.5) is 4.39 Å². The Hall–Kier alpha value is -0.930. The van der Waals surface area contributed by atoms with Gasteiger partial charge in [-0.05, 0) is 43.7 Å². The Morgan fingerprint density at radius 2 is 2.13 bits per heavy atom. The molecule has 0 saturated heterocycles. The van der Waals surface area contributed by atoms with Gasteiger partial charge in [-0.1, -0.05) is 13.0 Å². The maximum absolute atomic E-state index is 13.1. The number of likely N-dealkylation sites (N-methyl/N-ethyl adjacent to an activating group) is 1. The van der Waals surface area contributed by atoms with E-state index in [0.29, 0.717) is 12.1 Å². The van der Waals surface area contributed by atoms with Gasteiger partial charge in [0.2, 0.25) is 0 Å². The molecule has 0 saturated carbocycles. The summed E-state index contributed by atoms with van der Waals surface area (Å²) in [6, 6.07) is 4.49. The Bertz CT molecular complexity index is 336. The first-order valence-corrected chi connectivity index (χ1v) is 5.17. The van der Waals surface area contributed by atoms with Gasteiger partial charge in [-0.25, -0.2) is 4.39 Å². The second-order valence-electron chi connectivity index (χ2n) is 4.01. The second-order valence-corrected chi connectivity index (χ2v) is 4.01. The Balaban J connectivity index is 2.97. The number of aryl methyl sites for hydroxylation is 1. The standard InChI is InChI=1S/C12H18FNO/c1-4-14-8-12(3,15)11-7-10(13)6-5-9(11)2/h5-7,14-15H,4,8H2,1-3H3. The summed E-state index contributed by atoms with van der Waals surface area (Å²) in [4.78, 5) is 0. The zero-order valence-electron chi connectivity index (χ0n) is 9.47. The summed E-state index contributed by atoms with van der Waals surface area (Å²) in [7, 11) is 0. The van der Waals surface area contributed by atoms with Crippen LogP contribution in [0.3, 0.4) is 0 Å². The number of benzene rings is 1. The van der Waals surface area contributed by atoms with Crippen molar-refractivity contribution in [3.05, 3.63) is 35.1 Å². The smallest absolute Gasteiger partial charge is 0.123 e. The van der Waals surface area contributed by atoms with Crippen LogP contribution in [-0.4, -0.2) is 18.2 Å². The number of nitrogens with one attached hydrogen (secondary N) is 1. The molecule has 1 atom stereocenters. The third-order valence-corrected chi connectivity index (χ3v) is 2.50. The van der Waals surface area contributed by atoms with Crippen molar-refractivity contribution in [3.63, 3.8) is 0 Å². The van der Waals surface area contributed by atoms with Gasteiger partial charge in [0.05, 0.1) is 5.60 Å². The normalized spacial score (nSPS) is 15.0. The molecule has 0 bridgehead atoms. The summed E-state index contributed by atoms with van der Waals surface area (Å²) in [6.45, 7) is 6.74. The van der Waals surface area contributed by atoms with Crippen LogP contribution in [0.5, 0.6) is 0 Å². The lowest BCUT2D eigenvalue weighted by Gasteiger charge is -2.26. The van der Waals surface area contributed by atoms with E-state index in [1.54, 1.807) is 13.0 Å². The van der Waals surface area contributed by atoms with Gasteiger partial charge < -0.3 is 10.4 Å². The Morgan fingerprint density at radius 3 is 2.73 bits per heavy atom. The molecule has 0 spiro atoms. The monoisotopic (exact) mass is 211 g/mol. The van der Waals surface area contributed by atoms with Crippen LogP contribution in [-0.2, 0) is 5.60 Å². The van der Waals surface area contributed by atoms with E-state index in [0.717, 1.165) is 12.1 Å². The third-order valence-electron chi connectivity index (χ3n) is 2.50. The molecule has 1 aromatic rings. The minimum atomic E-state index is -1.03. The molecule has 0 fully saturated rings. The zero-order chi connectivity index (χ0) is 11.5. The Kier molecular flexibility index (Phi) is 3.83. The fourth-order valence-corrected chi connectivity index (χ4v) is 1.64. The van der Waals surface area contributed by atoms with E-state index < -0.39 is 5.60 Å². The van der Waals surface area contributed by atoms with E-state index in [9.17, 15) is 9.50 Å². The summed E-state index contributed by atoms with van der Waals surface area (Å²) in [5.41, 5.74) is 0.519. The maximum Gasteiger partial charge on any atom is 0.123 e. The molecular formula is C12H18FNO. The maximum atomic E-state index is 13.1. The summed E-state index contributed by atoms with van der Waals surface area (Å²) in [6.07, 6.45) is 0. The van der Waals surface area contributed by atoms with E-state index >= 15 is 0 Å². The van der Waals surface area contributed by atoms with Crippen molar-refractivity contribution in [3.8, 4) is 0 Å². The van der Waals surface area contributed by atoms with Crippen molar-refractivity contribution >= 4 is 0 Å². The Labute approximate surface area is 90.1 Å². The topological polar surface area (TPSA) is 32.3 Å². The molecule has 0 aliphatic carbocycles. The quantitative estimate of drug-likeness (QED) is 0.798. The van der Waals surface area contributed by atoms with Gasteiger partial charge >= 0.3 is 0 Å². The predicted octanol–water partition coefficient (Wildman–Crippen LogP) is 1.95. The molecular weight excluding hydrogens is 193 g/mol. The van der Waals surface area contributed by atoms with Gasteiger partial charge in [-0.15, -0.1) is 0 Å². The molecule has 84 valence electrons. The van der Waals surface area contributed by atoms with Gasteiger partial charge in [0.1, 0.15) is 5.82 Å². The lowest BCUT2D eigenvalue weighted by molar-refractivity contribution is 0.0566. The lowest BCUT2D eigenvalue weighted by Crippen LogP contribution is -2.36. The molecule has 15 heavy (non-hydrogen) atoms. The fraction of sp³-hybridized carbons (Fsp3) is 0.500. The highest BCUT2D eigenvalue weighted by molar-refractivity contribution is 5.31. The SMILES string of the molecule is CCNCC(C)(O)c1cc(F)ccc1C. The molecule has 0 aromatic heterocycles. The highest BCUT2D eigenvalue weighted by Gasteiger charge is 2.24. The van der Waals surface area contributed by atoms with E-state index in [1.165, 1.54) is 12.1 Å². The zero-order valence-corrected chi connectivity index (χ0v) is 9.47. The van der Waals surface area contributed by atoms with E-state index in [-0.39, 0.29) is 5.82 Å². The average molecular weight is 211 g/mol. The van der Waals surface area contributed by atoms with Gasteiger partial charge in [0.15, 0.2) is 0 Å². The predicted molar refractivity (Wildman–Crippen MR) is 59.3 cm³/mol. The molecule has 1 aromatic carbocycles. The fourth-order valence-electron chi connectivity index (χ4n) is 1.64. The summed E-state index contributed by atoms with van der Waals surface area (Å²) < 4.78 is 13.1. The van der Waals surface area contributed by atoms with Crippen LogP contribution in [0.1, 0.15) is 25.0 Å². The van der Waals surface area contributed by atoms with E-state index in [1.807, 2.05) is 13.8 Å². The summed E-state index contributed by atoms with van der Waals surface area (Å²) in [5.74, 6) is -0.313. The minimum Gasteiger partial charge on any atom is -0.384 e. The van der Waals surface area contributed by atoms with Crippen LogP contribution in [0.25, 0.3) is 0 Å². The molecule has 0 heterocycles. The van der Waals surface area contributed by atoms with E-state index in [2.05, 4.69) is 5.32 Å². The molecule has 1 rings (SSSR count). The van der Waals surface area contributed by atoms with Crippen molar-refractivity contribution in [1.82, 2.24) is 5.32 Å². The van der Waals surface area contributed by atoms with Crippen LogP contribution in [0.15, 0.2) is 18.2 Å². The molecule has 0 amide bonds. The number of aliphatic hydroxyl groups is 1. The van der Waals surface area contributed by atoms with Crippen LogP contribution in [0.2, 0.25) is 0 Å². The molecule has 0 aliphatic heterocycles. The van der Waals surface area contributed by atoms with Gasteiger partial charge in [-0.2, -0.15) is 0 Å². The van der Waals surface area contributed by atoms with Crippen molar-refractivity contribution in [2.45, 2.75) is 26.4 Å². The number of rotatable bonds is 4. The minimum absolute atomic E-state index is 0.313. The molecule has 1 unspecified atom stereocenters. The molecule has 2 nitrogen and oxygen atoms in total. The highest BCUT2D eigenvalue weighted by Crippen LogP contribution is 2.24. The molecule has 2 N–H and O–H groups in total. The average Bonchev–Trinajstić information content (AvgIpc) is 2.18. The Morgan fingerprint density at radius 1 is 1.47 bits per heavy atom. The van der Waals surface area contributed by atoms with Gasteiger partial charge in [0, 0.05) is 6.54 Å². The van der Waals surface area contributed by atoms with Crippen LogP contribution < -0.4 is 5.32 Å². The highest BCUT2D eigenvalue weighted by atomic mass is 19.1. The first-order chi connectivity index (χ1) is 6.97. The van der Waals surface area contributed by atoms with Crippen LogP contribution >= 0.6 is 0 Å². The van der Waals surface area contributed by atoms with Gasteiger partial charge in [-0.3, -0.25) is 0 Å². The molecule has 0 aliphatic rings. The van der Waals surface area contributed by atoms with Gasteiger partial charge in [0.25, 0.3) is 0 Å².